The maximum Gasteiger partial charge on any atom is 0.338 e. The maximum absolute atomic E-state index is 13.8. The first-order chi connectivity index (χ1) is 22.3. The fourth-order valence-electron chi connectivity index (χ4n) is 12.5. The average molecular weight is 662 g/mol. The van der Waals surface area contributed by atoms with Gasteiger partial charge in [0.25, 0.3) is 0 Å². The number of esters is 2. The van der Waals surface area contributed by atoms with Gasteiger partial charge in [-0.1, -0.05) is 18.2 Å². The molecule has 7 bridgehead atoms. The first-order valence-electron chi connectivity index (χ1n) is 16.2. The molecule has 0 amide bonds. The third kappa shape index (κ3) is 3.65. The predicted octanol–water partition coefficient (Wildman–Crippen LogP) is 0.0270. The SMILES string of the molecule is COC[C@]12CN(C)[C@@H]3[C@@H]4[C@H](OC)[C@H]1[C@@]3([C@@H](OC)C[C@H]2OC(C)=O)[C@]1(O)C[C@@]2(O)[C@H](OC(=O)c3ccccc3)[C@@H]1[C@@]4(OC)[C@@H](O)[C@@H]2OC. The molecule has 5 aliphatic carbocycles. The number of likely N-dealkylation sites (tertiary alicyclic amines) is 1. The van der Waals surface area contributed by atoms with Crippen LogP contribution < -0.4 is 0 Å². The van der Waals surface area contributed by atoms with Crippen LogP contribution in [-0.4, -0.2) is 147 Å². The molecule has 1 saturated heterocycles. The van der Waals surface area contributed by atoms with Crippen LogP contribution >= 0.6 is 0 Å². The summed E-state index contributed by atoms with van der Waals surface area (Å²) >= 11 is 0. The number of rotatable bonds is 9. The van der Waals surface area contributed by atoms with Gasteiger partial charge in [0, 0.05) is 90.6 Å². The molecule has 260 valence electrons. The van der Waals surface area contributed by atoms with E-state index in [1.54, 1.807) is 51.7 Å². The minimum atomic E-state index is -2.02. The second kappa shape index (κ2) is 10.9. The fourth-order valence-corrected chi connectivity index (χ4v) is 12.5. The summed E-state index contributed by atoms with van der Waals surface area (Å²) in [4.78, 5) is 28.5. The van der Waals surface area contributed by atoms with E-state index in [1.165, 1.54) is 21.1 Å². The smallest absolute Gasteiger partial charge is 0.338 e. The van der Waals surface area contributed by atoms with E-state index in [9.17, 15) is 24.9 Å². The van der Waals surface area contributed by atoms with Crippen LogP contribution in [-0.2, 0) is 38.0 Å². The molecule has 1 aromatic carbocycles. The molecule has 7 rings (SSSR count). The maximum atomic E-state index is 13.8. The van der Waals surface area contributed by atoms with Crippen LogP contribution in [0.5, 0.6) is 0 Å². The number of hydrogen-bond acceptors (Lipinski definition) is 13. The summed E-state index contributed by atoms with van der Waals surface area (Å²) in [5.41, 5.74) is -7.39. The number of piperidine rings is 1. The molecule has 15 atom stereocenters. The summed E-state index contributed by atoms with van der Waals surface area (Å²) in [6.07, 6.45) is -6.28. The van der Waals surface area contributed by atoms with Gasteiger partial charge in [-0.05, 0) is 19.2 Å². The van der Waals surface area contributed by atoms with Crippen molar-refractivity contribution in [2.45, 2.75) is 79.2 Å². The van der Waals surface area contributed by atoms with Crippen molar-refractivity contribution >= 4 is 11.9 Å². The predicted molar refractivity (Wildman–Crippen MR) is 162 cm³/mol. The molecule has 1 heterocycles. The van der Waals surface area contributed by atoms with Crippen LogP contribution in [0.2, 0.25) is 0 Å². The summed E-state index contributed by atoms with van der Waals surface area (Å²) < 4.78 is 43.4. The number of nitrogens with zero attached hydrogens (tertiary/aromatic N) is 1. The lowest BCUT2D eigenvalue weighted by Gasteiger charge is -2.72. The molecule has 6 fully saturated rings. The normalized spacial score (nSPS) is 50.7. The van der Waals surface area contributed by atoms with Crippen LogP contribution in [0.4, 0.5) is 0 Å². The van der Waals surface area contributed by atoms with E-state index in [0.717, 1.165) is 0 Å². The quantitative estimate of drug-likeness (QED) is 0.304. The van der Waals surface area contributed by atoms with Crippen molar-refractivity contribution in [2.75, 3.05) is 55.7 Å². The van der Waals surface area contributed by atoms with Crippen molar-refractivity contribution in [2.24, 2.45) is 28.6 Å². The third-order valence-corrected chi connectivity index (χ3v) is 13.3. The molecule has 0 radical (unpaired) electrons. The van der Waals surface area contributed by atoms with Crippen LogP contribution in [0.1, 0.15) is 30.1 Å². The lowest BCUT2D eigenvalue weighted by atomic mass is 9.40. The molecule has 13 nitrogen and oxygen atoms in total. The molecule has 1 spiro atoms. The summed E-state index contributed by atoms with van der Waals surface area (Å²) in [5, 5.41) is 39.0. The Morgan fingerprint density at radius 2 is 1.64 bits per heavy atom. The zero-order valence-electron chi connectivity index (χ0n) is 28.0. The van der Waals surface area contributed by atoms with Crippen LogP contribution in [0.15, 0.2) is 30.3 Å². The molecule has 1 aliphatic heterocycles. The molecule has 5 saturated carbocycles. The van der Waals surface area contributed by atoms with Crippen LogP contribution in [0.3, 0.4) is 0 Å². The van der Waals surface area contributed by atoms with Gasteiger partial charge in [0.1, 0.15) is 35.6 Å². The summed E-state index contributed by atoms with van der Waals surface area (Å²) in [7, 11) is 9.52. The minimum Gasteiger partial charge on any atom is -0.462 e. The number of fused-ring (bicyclic) bond motifs is 2. The van der Waals surface area contributed by atoms with E-state index in [4.69, 9.17) is 33.2 Å². The van der Waals surface area contributed by atoms with Gasteiger partial charge in [-0.3, -0.25) is 4.79 Å². The molecular weight excluding hydrogens is 614 g/mol. The second-order valence-electron chi connectivity index (χ2n) is 14.6. The number of methoxy groups -OCH3 is 5. The van der Waals surface area contributed by atoms with E-state index in [0.29, 0.717) is 6.54 Å². The lowest BCUT2D eigenvalue weighted by Crippen LogP contribution is -2.85. The summed E-state index contributed by atoms with van der Waals surface area (Å²) in [6.45, 7) is 1.95. The summed E-state index contributed by atoms with van der Waals surface area (Å²) in [5.74, 6) is -3.52. The lowest BCUT2D eigenvalue weighted by molar-refractivity contribution is -0.356. The molecule has 0 aromatic heterocycles. The molecule has 47 heavy (non-hydrogen) atoms. The van der Waals surface area contributed by atoms with Crippen molar-refractivity contribution in [1.29, 1.82) is 0 Å². The molecule has 13 heteroatoms. The van der Waals surface area contributed by atoms with Gasteiger partial charge in [-0.2, -0.15) is 0 Å². The van der Waals surface area contributed by atoms with Gasteiger partial charge in [-0.15, -0.1) is 0 Å². The van der Waals surface area contributed by atoms with Crippen molar-refractivity contribution in [3.05, 3.63) is 35.9 Å². The highest BCUT2D eigenvalue weighted by atomic mass is 16.6. The zero-order chi connectivity index (χ0) is 33.9. The highest BCUT2D eigenvalue weighted by Crippen LogP contribution is 2.81. The number of benzene rings is 1. The largest absolute Gasteiger partial charge is 0.462 e. The molecule has 3 N–H and O–H groups in total. The van der Waals surface area contributed by atoms with Crippen molar-refractivity contribution < 1.29 is 58.1 Å². The topological polar surface area (TPSA) is 163 Å². The fraction of sp³-hybridized carbons (Fsp3) is 0.765. The molecule has 1 aromatic rings. The number of carbonyl (C=O) groups is 2. The van der Waals surface area contributed by atoms with Gasteiger partial charge < -0.3 is 53.4 Å². The van der Waals surface area contributed by atoms with Crippen LogP contribution in [0, 0.1) is 28.6 Å². The Kier molecular flexibility index (Phi) is 7.72. The Hall–Kier alpha value is -2.20. The van der Waals surface area contributed by atoms with Crippen molar-refractivity contribution in [3.8, 4) is 0 Å². The number of aliphatic hydroxyl groups is 3. The van der Waals surface area contributed by atoms with Gasteiger partial charge in [0.15, 0.2) is 0 Å². The Labute approximate surface area is 274 Å². The molecular formula is C34H47NO12. The Morgan fingerprint density at radius 1 is 0.936 bits per heavy atom. The number of ether oxygens (including phenoxy) is 7. The Morgan fingerprint density at radius 3 is 2.21 bits per heavy atom. The third-order valence-electron chi connectivity index (χ3n) is 13.3. The van der Waals surface area contributed by atoms with E-state index < -0.39 is 100.0 Å². The molecule has 6 aliphatic rings. The zero-order valence-corrected chi connectivity index (χ0v) is 28.0. The second-order valence-corrected chi connectivity index (χ2v) is 14.6. The van der Waals surface area contributed by atoms with Gasteiger partial charge in [-0.25, -0.2) is 4.79 Å². The van der Waals surface area contributed by atoms with Gasteiger partial charge in [0.05, 0.1) is 35.9 Å². The standard InChI is InChI=1S/C34H47NO12/c1-17(36)46-19-13-20(42-4)33-23-22(43-5)21(25(33)35(2)15-30(19,23)16-41-3)34(45-7)24-27(47-29(38)18-11-9-8-10-12-18)31(39,14-32(24,33)40)28(44-6)26(34)37/h8-12,19-28,37,39-40H,13-16H2,1-7H3/t19-,20+,21+,22+,23-,24+,25-,26+,27-,28+,30+,31-,32+,33-,34-/m1/s1. The number of hydrogen-bond donors (Lipinski definition) is 3. The van der Waals surface area contributed by atoms with E-state index in [2.05, 4.69) is 4.90 Å². The first kappa shape index (κ1) is 33.3. The monoisotopic (exact) mass is 661 g/mol. The van der Waals surface area contributed by atoms with E-state index >= 15 is 0 Å². The molecule has 0 unspecified atom stereocenters. The number of carbonyl (C=O) groups excluding carboxylic acids is 2. The first-order valence-corrected chi connectivity index (χ1v) is 16.2. The van der Waals surface area contributed by atoms with E-state index in [1.807, 2.05) is 7.05 Å². The number of aliphatic hydroxyl groups excluding tert-OH is 1. The minimum absolute atomic E-state index is 0.165. The highest BCUT2D eigenvalue weighted by Gasteiger charge is 2.96. The highest BCUT2D eigenvalue weighted by molar-refractivity contribution is 5.89. The van der Waals surface area contributed by atoms with Crippen molar-refractivity contribution in [3.63, 3.8) is 0 Å². The Balaban J connectivity index is 1.53. The van der Waals surface area contributed by atoms with Gasteiger partial charge >= 0.3 is 11.9 Å². The van der Waals surface area contributed by atoms with Gasteiger partial charge in [0.2, 0.25) is 0 Å². The van der Waals surface area contributed by atoms with Crippen molar-refractivity contribution in [1.82, 2.24) is 4.90 Å². The Bertz CT molecular complexity index is 1410. The summed E-state index contributed by atoms with van der Waals surface area (Å²) in [6, 6.07) is 7.91. The average Bonchev–Trinajstić information content (AvgIpc) is 3.40. The van der Waals surface area contributed by atoms with Crippen LogP contribution in [0.25, 0.3) is 0 Å². The van der Waals surface area contributed by atoms with E-state index in [-0.39, 0.29) is 25.0 Å².